The first kappa shape index (κ1) is 20.1. The van der Waals surface area contributed by atoms with Crippen molar-refractivity contribution >= 4 is 52.2 Å². The van der Waals surface area contributed by atoms with Crippen LogP contribution in [0.1, 0.15) is 16.7 Å². The molecule has 2 aromatic carbocycles. The monoisotopic (exact) mass is 418 g/mol. The van der Waals surface area contributed by atoms with Crippen LogP contribution < -0.4 is 5.32 Å². The number of benzene rings is 2. The number of amides is 3. The Morgan fingerprint density at radius 3 is 2.64 bits per heavy atom. The number of rotatable bonds is 4. The van der Waals surface area contributed by atoms with Crippen molar-refractivity contribution in [3.63, 3.8) is 0 Å². The van der Waals surface area contributed by atoms with Crippen molar-refractivity contribution in [1.29, 1.82) is 0 Å². The van der Waals surface area contributed by atoms with Crippen LogP contribution in [0.2, 0.25) is 5.02 Å². The fourth-order valence-corrected chi connectivity index (χ4v) is 3.67. The van der Waals surface area contributed by atoms with Crippen molar-refractivity contribution in [1.82, 2.24) is 4.90 Å². The highest BCUT2D eigenvalue weighted by Crippen LogP contribution is 2.34. The van der Waals surface area contributed by atoms with Crippen molar-refractivity contribution in [2.75, 3.05) is 11.9 Å². The number of hydrogen-bond donors (Lipinski definition) is 1. The zero-order valence-electron chi connectivity index (χ0n) is 15.1. The maximum Gasteiger partial charge on any atom is 0.294 e. The molecule has 3 rings (SSSR count). The van der Waals surface area contributed by atoms with E-state index in [1.54, 1.807) is 12.1 Å². The van der Waals surface area contributed by atoms with Gasteiger partial charge >= 0.3 is 0 Å². The van der Waals surface area contributed by atoms with Crippen LogP contribution >= 0.6 is 23.4 Å². The van der Waals surface area contributed by atoms with Crippen LogP contribution in [-0.4, -0.2) is 28.5 Å². The van der Waals surface area contributed by atoms with Crippen molar-refractivity contribution in [3.05, 3.63) is 68.8 Å². The van der Waals surface area contributed by atoms with Crippen LogP contribution in [-0.2, 0) is 9.59 Å². The second-order valence-corrected chi connectivity index (χ2v) is 7.60. The summed E-state index contributed by atoms with van der Waals surface area (Å²) in [6.45, 7) is 3.35. The Balaban J connectivity index is 1.76. The molecule has 0 saturated carbocycles. The molecule has 0 atom stereocenters. The highest BCUT2D eigenvalue weighted by molar-refractivity contribution is 8.18. The van der Waals surface area contributed by atoms with Gasteiger partial charge in [0, 0.05) is 11.3 Å². The lowest BCUT2D eigenvalue weighted by Gasteiger charge is -2.14. The third kappa shape index (κ3) is 4.10. The van der Waals surface area contributed by atoms with Gasteiger partial charge in [-0.1, -0.05) is 29.8 Å². The molecule has 28 heavy (non-hydrogen) atoms. The number of nitrogens with one attached hydrogen (secondary N) is 1. The molecular formula is C20H16ClFN2O3S. The largest absolute Gasteiger partial charge is 0.324 e. The Bertz CT molecular complexity index is 1000. The van der Waals surface area contributed by atoms with Crippen molar-refractivity contribution in [2.45, 2.75) is 13.8 Å². The summed E-state index contributed by atoms with van der Waals surface area (Å²) < 4.78 is 13.9. The molecule has 1 N–H and O–H groups in total. The smallest absolute Gasteiger partial charge is 0.294 e. The minimum atomic E-state index is -0.662. The van der Waals surface area contributed by atoms with E-state index in [0.717, 1.165) is 16.0 Å². The minimum Gasteiger partial charge on any atom is -0.324 e. The summed E-state index contributed by atoms with van der Waals surface area (Å²) in [5, 5.41) is 2.23. The molecule has 0 spiro atoms. The van der Waals surface area contributed by atoms with E-state index < -0.39 is 29.4 Å². The highest BCUT2D eigenvalue weighted by Gasteiger charge is 2.36. The van der Waals surface area contributed by atoms with Gasteiger partial charge in [-0.05, 0) is 61.0 Å². The first-order valence-corrected chi connectivity index (χ1v) is 9.53. The lowest BCUT2D eigenvalue weighted by Crippen LogP contribution is -2.36. The van der Waals surface area contributed by atoms with Crippen LogP contribution in [0.5, 0.6) is 0 Å². The van der Waals surface area contributed by atoms with Gasteiger partial charge < -0.3 is 5.32 Å². The molecule has 2 aromatic rings. The van der Waals surface area contributed by atoms with Gasteiger partial charge in [0.1, 0.15) is 12.4 Å². The normalized spacial score (nSPS) is 15.4. The number of thioether (sulfide) groups is 1. The molecular weight excluding hydrogens is 403 g/mol. The second-order valence-electron chi connectivity index (χ2n) is 6.20. The standard InChI is InChI=1S/C20H16ClFN2O3S/c1-11-5-3-8-16(12(11)2)23-18(25)10-24-19(26)17(28-20(24)27)9-13-14(21)6-4-7-15(13)22/h3-9H,10H2,1-2H3,(H,23,25)/b17-9-. The van der Waals surface area contributed by atoms with Gasteiger partial charge in [-0.15, -0.1) is 0 Å². The van der Waals surface area contributed by atoms with Gasteiger partial charge in [-0.3, -0.25) is 19.3 Å². The van der Waals surface area contributed by atoms with E-state index in [1.165, 1.54) is 24.3 Å². The molecule has 8 heteroatoms. The topological polar surface area (TPSA) is 66.5 Å². The fraction of sp³-hybridized carbons (Fsp3) is 0.150. The molecule has 1 fully saturated rings. The van der Waals surface area contributed by atoms with Crippen LogP contribution in [0.4, 0.5) is 14.9 Å². The number of nitrogens with zero attached hydrogens (tertiary/aromatic N) is 1. The summed E-state index contributed by atoms with van der Waals surface area (Å²) >= 11 is 6.60. The molecule has 0 radical (unpaired) electrons. The van der Waals surface area contributed by atoms with Crippen molar-refractivity contribution in [2.24, 2.45) is 0 Å². The number of hydrogen-bond acceptors (Lipinski definition) is 4. The van der Waals surface area contributed by atoms with Gasteiger partial charge in [-0.2, -0.15) is 0 Å². The van der Waals surface area contributed by atoms with Gasteiger partial charge in [-0.25, -0.2) is 4.39 Å². The van der Waals surface area contributed by atoms with Gasteiger partial charge in [0.2, 0.25) is 5.91 Å². The molecule has 5 nitrogen and oxygen atoms in total. The first-order chi connectivity index (χ1) is 13.3. The van der Waals surface area contributed by atoms with E-state index >= 15 is 0 Å². The molecule has 0 bridgehead atoms. The summed E-state index contributed by atoms with van der Waals surface area (Å²) in [5.41, 5.74) is 2.55. The van der Waals surface area contributed by atoms with Gasteiger partial charge in [0.25, 0.3) is 11.1 Å². The Labute approximate surface area is 170 Å². The molecule has 0 unspecified atom stereocenters. The molecule has 0 aromatic heterocycles. The maximum atomic E-state index is 13.9. The lowest BCUT2D eigenvalue weighted by atomic mass is 10.1. The Kier molecular flexibility index (Phi) is 5.86. The summed E-state index contributed by atoms with van der Waals surface area (Å²) in [5.74, 6) is -1.77. The third-order valence-electron chi connectivity index (χ3n) is 4.33. The van der Waals surface area contributed by atoms with Crippen LogP contribution in [0.3, 0.4) is 0 Å². The molecule has 1 aliphatic heterocycles. The Morgan fingerprint density at radius 2 is 1.93 bits per heavy atom. The van der Waals surface area contributed by atoms with E-state index in [1.807, 2.05) is 19.9 Å². The number of halogens is 2. The maximum absolute atomic E-state index is 13.9. The number of imide groups is 1. The zero-order chi connectivity index (χ0) is 20.4. The summed E-state index contributed by atoms with van der Waals surface area (Å²) in [6.07, 6.45) is 1.23. The predicted molar refractivity (Wildman–Crippen MR) is 109 cm³/mol. The number of aryl methyl sites for hydroxylation is 1. The molecule has 1 saturated heterocycles. The molecule has 144 valence electrons. The summed E-state index contributed by atoms with van der Waals surface area (Å²) in [7, 11) is 0. The van der Waals surface area contributed by atoms with E-state index in [-0.39, 0.29) is 15.5 Å². The highest BCUT2D eigenvalue weighted by atomic mass is 35.5. The van der Waals surface area contributed by atoms with E-state index in [2.05, 4.69) is 5.32 Å². The molecule has 1 aliphatic rings. The number of carbonyl (C=O) groups is 3. The summed E-state index contributed by atoms with van der Waals surface area (Å²) in [6, 6.07) is 9.60. The zero-order valence-corrected chi connectivity index (χ0v) is 16.7. The lowest BCUT2D eigenvalue weighted by molar-refractivity contribution is -0.127. The van der Waals surface area contributed by atoms with E-state index in [0.29, 0.717) is 17.4 Å². The average Bonchev–Trinajstić information content (AvgIpc) is 2.89. The van der Waals surface area contributed by atoms with Gasteiger partial charge in [0.15, 0.2) is 0 Å². The number of carbonyl (C=O) groups excluding carboxylic acids is 3. The predicted octanol–water partition coefficient (Wildman–Crippen LogP) is 4.77. The summed E-state index contributed by atoms with van der Waals surface area (Å²) in [4.78, 5) is 37.9. The quantitative estimate of drug-likeness (QED) is 0.726. The molecule has 0 aliphatic carbocycles. The van der Waals surface area contributed by atoms with E-state index in [9.17, 15) is 18.8 Å². The van der Waals surface area contributed by atoms with Crippen LogP contribution in [0.15, 0.2) is 41.3 Å². The number of anilines is 1. The molecule has 1 heterocycles. The minimum absolute atomic E-state index is 0.0107. The van der Waals surface area contributed by atoms with Crippen molar-refractivity contribution < 1.29 is 18.8 Å². The third-order valence-corrected chi connectivity index (χ3v) is 5.57. The van der Waals surface area contributed by atoms with Crippen LogP contribution in [0, 0.1) is 19.7 Å². The van der Waals surface area contributed by atoms with Crippen molar-refractivity contribution in [3.8, 4) is 0 Å². The Morgan fingerprint density at radius 1 is 1.21 bits per heavy atom. The average molecular weight is 419 g/mol. The first-order valence-electron chi connectivity index (χ1n) is 8.33. The molecule has 3 amide bonds. The van der Waals surface area contributed by atoms with E-state index in [4.69, 9.17) is 11.6 Å². The van der Waals surface area contributed by atoms with Crippen LogP contribution in [0.25, 0.3) is 6.08 Å². The SMILES string of the molecule is Cc1cccc(NC(=O)CN2C(=O)S/C(=C\c3c(F)cccc3Cl)C2=O)c1C. The Hall–Kier alpha value is -2.64. The van der Waals surface area contributed by atoms with Gasteiger partial charge in [0.05, 0.1) is 9.93 Å². The second kappa shape index (κ2) is 8.16. The fourth-order valence-electron chi connectivity index (χ4n) is 2.64.